The molecule has 6 heteroatoms. The van der Waals surface area contributed by atoms with Gasteiger partial charge in [-0.2, -0.15) is 9.61 Å². The van der Waals surface area contributed by atoms with Crippen molar-refractivity contribution in [1.82, 2.24) is 14.6 Å². The van der Waals surface area contributed by atoms with E-state index >= 15 is 0 Å². The van der Waals surface area contributed by atoms with Crippen molar-refractivity contribution < 1.29 is 9.90 Å². The predicted molar refractivity (Wildman–Crippen MR) is 63.6 cm³/mol. The van der Waals surface area contributed by atoms with Crippen LogP contribution >= 0.6 is 0 Å². The summed E-state index contributed by atoms with van der Waals surface area (Å²) in [5.74, 6) is -0.0508. The van der Waals surface area contributed by atoms with Crippen LogP contribution in [0.4, 0.5) is 5.82 Å². The van der Waals surface area contributed by atoms with Gasteiger partial charge in [0.25, 0.3) is 0 Å². The van der Waals surface area contributed by atoms with Gasteiger partial charge < -0.3 is 10.4 Å². The van der Waals surface area contributed by atoms with E-state index in [-0.39, 0.29) is 11.6 Å². The summed E-state index contributed by atoms with van der Waals surface area (Å²) in [5, 5.41) is 15.9. The van der Waals surface area contributed by atoms with Crippen LogP contribution < -0.4 is 5.32 Å². The Balaban J connectivity index is 2.69. The highest BCUT2D eigenvalue weighted by molar-refractivity contribution is 5.86. The maximum absolute atomic E-state index is 10.9. The van der Waals surface area contributed by atoms with Gasteiger partial charge in [-0.1, -0.05) is 13.8 Å². The second-order valence-corrected chi connectivity index (χ2v) is 4.08. The van der Waals surface area contributed by atoms with Crippen molar-refractivity contribution in [3.05, 3.63) is 23.5 Å². The molecule has 2 N–H and O–H groups in total. The van der Waals surface area contributed by atoms with Crippen molar-refractivity contribution in [2.45, 2.75) is 19.8 Å². The van der Waals surface area contributed by atoms with Gasteiger partial charge >= 0.3 is 5.97 Å². The molecule has 0 unspecified atom stereocenters. The fourth-order valence-electron chi connectivity index (χ4n) is 1.57. The molecule has 6 nitrogen and oxygen atoms in total. The van der Waals surface area contributed by atoms with Gasteiger partial charge in [-0.05, 0) is 5.92 Å². The standard InChI is InChI=1S/C11H14N4O2/c1-6(2)7-4-9(12-3)15-10(13-7)5-8(14-15)11(16)17/h4-6,12H,1-3H3,(H,16,17). The van der Waals surface area contributed by atoms with E-state index in [0.29, 0.717) is 5.65 Å². The van der Waals surface area contributed by atoms with E-state index in [9.17, 15) is 4.79 Å². The highest BCUT2D eigenvalue weighted by Gasteiger charge is 2.14. The molecule has 0 atom stereocenters. The quantitative estimate of drug-likeness (QED) is 0.843. The van der Waals surface area contributed by atoms with Gasteiger partial charge in [0.05, 0.1) is 0 Å². The molecule has 0 aromatic carbocycles. The van der Waals surface area contributed by atoms with Crippen molar-refractivity contribution in [1.29, 1.82) is 0 Å². The maximum atomic E-state index is 10.9. The summed E-state index contributed by atoms with van der Waals surface area (Å²) in [6.45, 7) is 4.07. The highest BCUT2D eigenvalue weighted by Crippen LogP contribution is 2.19. The molecule has 0 saturated heterocycles. The normalized spacial score (nSPS) is 11.1. The first-order valence-electron chi connectivity index (χ1n) is 5.34. The van der Waals surface area contributed by atoms with Gasteiger partial charge in [-0.25, -0.2) is 9.78 Å². The lowest BCUT2D eigenvalue weighted by Gasteiger charge is -2.09. The molecule has 0 bridgehead atoms. The molecule has 0 fully saturated rings. The van der Waals surface area contributed by atoms with Crippen LogP contribution in [0.2, 0.25) is 0 Å². The molecule has 2 aromatic rings. The first-order chi connectivity index (χ1) is 8.02. The fraction of sp³-hybridized carbons (Fsp3) is 0.364. The molecule has 0 saturated carbocycles. The minimum atomic E-state index is -1.05. The second-order valence-electron chi connectivity index (χ2n) is 4.08. The summed E-state index contributed by atoms with van der Waals surface area (Å²) in [5.41, 5.74) is 1.44. The highest BCUT2D eigenvalue weighted by atomic mass is 16.4. The van der Waals surface area contributed by atoms with Crippen LogP contribution in [0.5, 0.6) is 0 Å². The van der Waals surface area contributed by atoms with Gasteiger partial charge in [-0.3, -0.25) is 0 Å². The topological polar surface area (TPSA) is 79.5 Å². The lowest BCUT2D eigenvalue weighted by molar-refractivity contribution is 0.0690. The Bertz CT molecular complexity index is 574. The summed E-state index contributed by atoms with van der Waals surface area (Å²) < 4.78 is 1.50. The van der Waals surface area contributed by atoms with E-state index in [2.05, 4.69) is 15.4 Å². The van der Waals surface area contributed by atoms with Crippen LogP contribution in [0.15, 0.2) is 12.1 Å². The van der Waals surface area contributed by atoms with Crippen molar-refractivity contribution in [3.63, 3.8) is 0 Å². The average Bonchev–Trinajstić information content (AvgIpc) is 2.71. The average molecular weight is 234 g/mol. The number of hydrogen-bond acceptors (Lipinski definition) is 4. The summed E-state index contributed by atoms with van der Waals surface area (Å²) in [6, 6.07) is 3.34. The monoisotopic (exact) mass is 234 g/mol. The summed E-state index contributed by atoms with van der Waals surface area (Å²) in [4.78, 5) is 15.2. The molecule has 17 heavy (non-hydrogen) atoms. The number of carboxylic acids is 1. The minimum absolute atomic E-state index is 0.00472. The number of nitrogens with one attached hydrogen (secondary N) is 1. The number of fused-ring (bicyclic) bond motifs is 1. The zero-order chi connectivity index (χ0) is 12.6. The van der Waals surface area contributed by atoms with Gasteiger partial charge in [0.2, 0.25) is 0 Å². The fourth-order valence-corrected chi connectivity index (χ4v) is 1.57. The Morgan fingerprint density at radius 3 is 2.71 bits per heavy atom. The number of carbonyl (C=O) groups is 1. The van der Waals surface area contributed by atoms with E-state index in [1.807, 2.05) is 19.9 Å². The Labute approximate surface area is 98.3 Å². The number of aromatic carboxylic acids is 1. The molecular weight excluding hydrogens is 220 g/mol. The SMILES string of the molecule is CNc1cc(C(C)C)nc2cc(C(=O)O)nn12. The maximum Gasteiger partial charge on any atom is 0.356 e. The van der Waals surface area contributed by atoms with Crippen LogP contribution in [0.25, 0.3) is 5.65 Å². The molecule has 0 amide bonds. The third-order valence-electron chi connectivity index (χ3n) is 2.51. The molecule has 2 rings (SSSR count). The molecule has 0 spiro atoms. The lowest BCUT2D eigenvalue weighted by Crippen LogP contribution is -2.05. The molecular formula is C11H14N4O2. The van der Waals surface area contributed by atoms with E-state index in [1.165, 1.54) is 10.6 Å². The number of nitrogens with zero attached hydrogens (tertiary/aromatic N) is 3. The zero-order valence-corrected chi connectivity index (χ0v) is 9.93. The first kappa shape index (κ1) is 11.4. The molecule has 90 valence electrons. The second kappa shape index (κ2) is 4.04. The Hall–Kier alpha value is -2.11. The number of carboxylic acid groups (broad SMARTS) is 1. The van der Waals surface area contributed by atoms with Crippen molar-refractivity contribution in [2.24, 2.45) is 0 Å². The number of hydrogen-bond donors (Lipinski definition) is 2. The third kappa shape index (κ3) is 1.93. The predicted octanol–water partition coefficient (Wildman–Crippen LogP) is 1.59. The zero-order valence-electron chi connectivity index (χ0n) is 9.93. The Morgan fingerprint density at radius 2 is 2.18 bits per heavy atom. The molecule has 0 radical (unpaired) electrons. The van der Waals surface area contributed by atoms with E-state index in [0.717, 1.165) is 11.5 Å². The van der Waals surface area contributed by atoms with Crippen LogP contribution in [0.3, 0.4) is 0 Å². The van der Waals surface area contributed by atoms with Gasteiger partial charge in [-0.15, -0.1) is 0 Å². The molecule has 0 aliphatic rings. The summed E-state index contributed by atoms with van der Waals surface area (Å²) >= 11 is 0. The first-order valence-corrected chi connectivity index (χ1v) is 5.34. The summed E-state index contributed by atoms with van der Waals surface area (Å²) in [6.07, 6.45) is 0. The van der Waals surface area contributed by atoms with Gasteiger partial charge in [0.1, 0.15) is 5.82 Å². The number of rotatable bonds is 3. The number of anilines is 1. The number of aromatic nitrogens is 3. The van der Waals surface area contributed by atoms with Crippen LogP contribution in [-0.2, 0) is 0 Å². The third-order valence-corrected chi connectivity index (χ3v) is 2.51. The largest absolute Gasteiger partial charge is 0.476 e. The van der Waals surface area contributed by atoms with Gasteiger partial charge in [0, 0.05) is 24.9 Å². The smallest absolute Gasteiger partial charge is 0.356 e. The van der Waals surface area contributed by atoms with Crippen molar-refractivity contribution in [3.8, 4) is 0 Å². The minimum Gasteiger partial charge on any atom is -0.476 e. The van der Waals surface area contributed by atoms with Crippen LogP contribution in [0.1, 0.15) is 35.9 Å². The Kier molecular flexibility index (Phi) is 2.71. The van der Waals surface area contributed by atoms with E-state index in [4.69, 9.17) is 5.11 Å². The van der Waals surface area contributed by atoms with Gasteiger partial charge in [0.15, 0.2) is 11.3 Å². The van der Waals surface area contributed by atoms with Crippen LogP contribution in [-0.4, -0.2) is 32.7 Å². The molecule has 2 aromatic heterocycles. The summed E-state index contributed by atoms with van der Waals surface area (Å²) in [7, 11) is 1.76. The Morgan fingerprint density at radius 1 is 1.47 bits per heavy atom. The van der Waals surface area contributed by atoms with Crippen LogP contribution in [0, 0.1) is 0 Å². The van der Waals surface area contributed by atoms with Crippen molar-refractivity contribution in [2.75, 3.05) is 12.4 Å². The molecule has 0 aliphatic carbocycles. The van der Waals surface area contributed by atoms with E-state index < -0.39 is 5.97 Å². The molecule has 2 heterocycles. The van der Waals surface area contributed by atoms with E-state index in [1.54, 1.807) is 7.05 Å². The molecule has 0 aliphatic heterocycles. The lowest BCUT2D eigenvalue weighted by atomic mass is 10.1. The van der Waals surface area contributed by atoms with Crippen molar-refractivity contribution >= 4 is 17.4 Å².